The lowest BCUT2D eigenvalue weighted by Gasteiger charge is -2.02. The number of hydrogen-bond donors (Lipinski definition) is 1. The zero-order valence-electron chi connectivity index (χ0n) is 13.7. The van der Waals surface area contributed by atoms with Crippen molar-refractivity contribution >= 4 is 0 Å². The van der Waals surface area contributed by atoms with Crippen LogP contribution in [0.1, 0.15) is 76.5 Å². The average molecular weight is 279 g/mol. The molecule has 0 fully saturated rings. The summed E-state index contributed by atoms with van der Waals surface area (Å²) in [4.78, 5) is 0. The van der Waals surface area contributed by atoms with Gasteiger partial charge in [-0.05, 0) is 26.3 Å². The molecule has 3 heteroatoms. The second-order valence-corrected chi connectivity index (χ2v) is 5.80. The Bertz CT molecular complexity index is 344. The lowest BCUT2D eigenvalue weighted by Crippen LogP contribution is -2.13. The van der Waals surface area contributed by atoms with Gasteiger partial charge in [0.05, 0.1) is 5.69 Å². The van der Waals surface area contributed by atoms with Gasteiger partial charge < -0.3 is 5.32 Å². The van der Waals surface area contributed by atoms with Crippen LogP contribution in [0, 0.1) is 6.92 Å². The maximum Gasteiger partial charge on any atom is 0.0638 e. The third-order valence-electron chi connectivity index (χ3n) is 3.78. The summed E-state index contributed by atoms with van der Waals surface area (Å²) in [6.07, 6.45) is 12.9. The van der Waals surface area contributed by atoms with Crippen LogP contribution >= 0.6 is 0 Å². The van der Waals surface area contributed by atoms with E-state index in [4.69, 9.17) is 0 Å². The topological polar surface area (TPSA) is 29.9 Å². The van der Waals surface area contributed by atoms with Gasteiger partial charge >= 0.3 is 0 Å². The Morgan fingerprint density at radius 1 is 1.00 bits per heavy atom. The highest BCUT2D eigenvalue weighted by molar-refractivity contribution is 5.14. The van der Waals surface area contributed by atoms with Gasteiger partial charge in [0, 0.05) is 24.8 Å². The summed E-state index contributed by atoms with van der Waals surface area (Å²) in [6, 6.07) is 0. The Labute approximate surface area is 125 Å². The van der Waals surface area contributed by atoms with E-state index in [0.29, 0.717) is 0 Å². The first-order chi connectivity index (χ1) is 9.77. The average Bonchev–Trinajstić information content (AvgIpc) is 2.79. The molecular weight excluding hydrogens is 246 g/mol. The monoisotopic (exact) mass is 279 g/mol. The van der Waals surface area contributed by atoms with Crippen LogP contribution in [0.2, 0.25) is 0 Å². The summed E-state index contributed by atoms with van der Waals surface area (Å²) in [5.41, 5.74) is 2.53. The van der Waals surface area contributed by atoms with Crippen molar-refractivity contribution in [2.45, 2.75) is 85.2 Å². The molecule has 0 aromatic carbocycles. The Kier molecular flexibility index (Phi) is 9.38. The fourth-order valence-electron chi connectivity index (χ4n) is 2.48. The fourth-order valence-corrected chi connectivity index (χ4v) is 2.48. The minimum absolute atomic E-state index is 0.955. The largest absolute Gasteiger partial charge is 0.313 e. The summed E-state index contributed by atoms with van der Waals surface area (Å²) < 4.78 is 2.13. The first kappa shape index (κ1) is 17.2. The SMILES string of the molecule is CCCCCCCCCn1cc(CNCCC)c(C)n1. The molecule has 0 bridgehead atoms. The van der Waals surface area contributed by atoms with Gasteiger partial charge in [0.15, 0.2) is 0 Å². The van der Waals surface area contributed by atoms with Gasteiger partial charge in [-0.3, -0.25) is 4.68 Å². The second kappa shape index (κ2) is 10.9. The molecule has 0 spiro atoms. The molecule has 1 aromatic heterocycles. The molecule has 0 saturated heterocycles. The summed E-state index contributed by atoms with van der Waals surface area (Å²) in [5, 5.41) is 8.06. The van der Waals surface area contributed by atoms with Crippen LogP contribution < -0.4 is 5.32 Å². The maximum atomic E-state index is 4.61. The summed E-state index contributed by atoms with van der Waals surface area (Å²) in [5.74, 6) is 0. The fraction of sp³-hybridized carbons (Fsp3) is 0.824. The van der Waals surface area contributed by atoms with Gasteiger partial charge in [0.2, 0.25) is 0 Å². The molecule has 0 aliphatic heterocycles. The molecule has 0 radical (unpaired) electrons. The van der Waals surface area contributed by atoms with Gasteiger partial charge in [-0.15, -0.1) is 0 Å². The number of nitrogens with zero attached hydrogens (tertiary/aromatic N) is 2. The van der Waals surface area contributed by atoms with E-state index in [1.54, 1.807) is 0 Å². The molecule has 0 aliphatic carbocycles. The van der Waals surface area contributed by atoms with Crippen molar-refractivity contribution in [1.82, 2.24) is 15.1 Å². The highest BCUT2D eigenvalue weighted by Gasteiger charge is 2.04. The number of aromatic nitrogens is 2. The molecule has 0 aliphatic rings. The van der Waals surface area contributed by atoms with Crippen LogP contribution in [0.15, 0.2) is 6.20 Å². The van der Waals surface area contributed by atoms with E-state index < -0.39 is 0 Å². The molecule has 0 amide bonds. The molecule has 116 valence electrons. The molecule has 1 rings (SSSR count). The highest BCUT2D eigenvalue weighted by atomic mass is 15.3. The number of hydrogen-bond acceptors (Lipinski definition) is 2. The van der Waals surface area contributed by atoms with Gasteiger partial charge in [-0.25, -0.2) is 0 Å². The zero-order chi connectivity index (χ0) is 14.6. The van der Waals surface area contributed by atoms with E-state index in [1.165, 1.54) is 62.6 Å². The first-order valence-electron chi connectivity index (χ1n) is 8.51. The van der Waals surface area contributed by atoms with E-state index in [9.17, 15) is 0 Å². The second-order valence-electron chi connectivity index (χ2n) is 5.80. The molecule has 20 heavy (non-hydrogen) atoms. The van der Waals surface area contributed by atoms with Crippen LogP contribution in [0.3, 0.4) is 0 Å². The van der Waals surface area contributed by atoms with E-state index in [1.807, 2.05) is 0 Å². The highest BCUT2D eigenvalue weighted by Crippen LogP contribution is 2.09. The molecule has 0 saturated carbocycles. The lowest BCUT2D eigenvalue weighted by atomic mass is 10.1. The van der Waals surface area contributed by atoms with Crippen molar-refractivity contribution in [3.8, 4) is 0 Å². The zero-order valence-corrected chi connectivity index (χ0v) is 13.7. The minimum Gasteiger partial charge on any atom is -0.313 e. The van der Waals surface area contributed by atoms with Crippen molar-refractivity contribution in [3.63, 3.8) is 0 Å². The molecular formula is C17H33N3. The van der Waals surface area contributed by atoms with Crippen molar-refractivity contribution in [2.24, 2.45) is 0 Å². The number of nitrogens with one attached hydrogen (secondary N) is 1. The smallest absolute Gasteiger partial charge is 0.0638 e. The van der Waals surface area contributed by atoms with Crippen molar-refractivity contribution in [2.75, 3.05) is 6.54 Å². The van der Waals surface area contributed by atoms with Crippen molar-refractivity contribution < 1.29 is 0 Å². The quantitative estimate of drug-likeness (QED) is 0.573. The van der Waals surface area contributed by atoms with Crippen LogP contribution in [-0.2, 0) is 13.1 Å². The van der Waals surface area contributed by atoms with Crippen LogP contribution in [0.5, 0.6) is 0 Å². The van der Waals surface area contributed by atoms with E-state index in [0.717, 1.165) is 19.6 Å². The molecule has 1 aromatic rings. The Morgan fingerprint density at radius 3 is 2.40 bits per heavy atom. The number of aryl methyl sites for hydroxylation is 2. The summed E-state index contributed by atoms with van der Waals surface area (Å²) in [6.45, 7) is 9.70. The molecule has 3 nitrogen and oxygen atoms in total. The van der Waals surface area contributed by atoms with Crippen LogP contribution in [-0.4, -0.2) is 16.3 Å². The Hall–Kier alpha value is -0.830. The maximum absolute atomic E-state index is 4.61. The summed E-state index contributed by atoms with van der Waals surface area (Å²) in [7, 11) is 0. The van der Waals surface area contributed by atoms with E-state index in [-0.39, 0.29) is 0 Å². The molecule has 1 heterocycles. The minimum atomic E-state index is 0.955. The predicted molar refractivity (Wildman–Crippen MR) is 87.0 cm³/mol. The Morgan fingerprint density at radius 2 is 1.70 bits per heavy atom. The summed E-state index contributed by atoms with van der Waals surface area (Å²) >= 11 is 0. The van der Waals surface area contributed by atoms with E-state index >= 15 is 0 Å². The van der Waals surface area contributed by atoms with Gasteiger partial charge in [0.1, 0.15) is 0 Å². The first-order valence-corrected chi connectivity index (χ1v) is 8.51. The van der Waals surface area contributed by atoms with Gasteiger partial charge in [-0.2, -0.15) is 5.10 Å². The lowest BCUT2D eigenvalue weighted by molar-refractivity contribution is 0.521. The molecule has 0 unspecified atom stereocenters. The van der Waals surface area contributed by atoms with E-state index in [2.05, 4.69) is 42.1 Å². The van der Waals surface area contributed by atoms with Crippen molar-refractivity contribution in [1.29, 1.82) is 0 Å². The van der Waals surface area contributed by atoms with Gasteiger partial charge in [0.25, 0.3) is 0 Å². The third kappa shape index (κ3) is 7.09. The molecule has 1 N–H and O–H groups in total. The predicted octanol–water partition coefficient (Wildman–Crippen LogP) is 4.44. The Balaban J connectivity index is 2.15. The standard InChI is InChI=1S/C17H33N3/c1-4-6-7-8-9-10-11-13-20-15-17(16(3)19-20)14-18-12-5-2/h15,18H,4-14H2,1-3H3. The number of rotatable bonds is 12. The van der Waals surface area contributed by atoms with Crippen molar-refractivity contribution in [3.05, 3.63) is 17.5 Å². The van der Waals surface area contributed by atoms with Crippen LogP contribution in [0.4, 0.5) is 0 Å². The normalized spacial score (nSPS) is 11.2. The number of unbranched alkanes of at least 4 members (excludes halogenated alkanes) is 6. The van der Waals surface area contributed by atoms with Crippen LogP contribution in [0.25, 0.3) is 0 Å². The van der Waals surface area contributed by atoms with Gasteiger partial charge in [-0.1, -0.05) is 52.4 Å². The molecule has 0 atom stereocenters. The third-order valence-corrected chi connectivity index (χ3v) is 3.78.